The molecule has 0 saturated heterocycles. The van der Waals surface area contributed by atoms with Crippen LogP contribution >= 0.6 is 15.9 Å². The van der Waals surface area contributed by atoms with Gasteiger partial charge in [-0.1, -0.05) is 82.7 Å². The first-order valence-corrected chi connectivity index (χ1v) is 12.8. The number of nitrogens with zero attached hydrogens (tertiary/aromatic N) is 2. The summed E-state index contributed by atoms with van der Waals surface area (Å²) in [5.74, 6) is 0.235. The molecule has 1 aromatic heterocycles. The number of fused-ring (bicyclic) bond motifs is 1. The second-order valence-electron chi connectivity index (χ2n) is 9.38. The molecule has 2 atom stereocenters. The summed E-state index contributed by atoms with van der Waals surface area (Å²) in [5.41, 5.74) is 2.99. The molecule has 1 heterocycles. The summed E-state index contributed by atoms with van der Waals surface area (Å²) in [5, 5.41) is 13.5. The van der Waals surface area contributed by atoms with Crippen molar-refractivity contribution in [2.24, 2.45) is 0 Å². The van der Waals surface area contributed by atoms with Crippen molar-refractivity contribution in [3.63, 3.8) is 0 Å². The summed E-state index contributed by atoms with van der Waals surface area (Å²) in [6, 6.07) is 28.7. The van der Waals surface area contributed by atoms with Crippen LogP contribution < -0.4 is 4.74 Å². The molecule has 0 aliphatic heterocycles. The molecular formula is C30H33BrN2O2. The molecule has 0 aliphatic rings. The molecule has 4 aromatic rings. The second kappa shape index (κ2) is 11.3. The van der Waals surface area contributed by atoms with Crippen molar-refractivity contribution >= 4 is 26.8 Å². The van der Waals surface area contributed by atoms with Gasteiger partial charge < -0.3 is 14.7 Å². The molecule has 1 N–H and O–H groups in total. The first kappa shape index (κ1) is 25.4. The van der Waals surface area contributed by atoms with E-state index in [0.29, 0.717) is 18.7 Å². The van der Waals surface area contributed by atoms with Crippen LogP contribution in [0, 0.1) is 0 Å². The summed E-state index contributed by atoms with van der Waals surface area (Å²) >= 11 is 3.69. The van der Waals surface area contributed by atoms with Gasteiger partial charge in [0.2, 0.25) is 5.88 Å². The Morgan fingerprint density at radius 2 is 1.63 bits per heavy atom. The Labute approximate surface area is 216 Å². The van der Waals surface area contributed by atoms with Crippen molar-refractivity contribution in [1.82, 2.24) is 9.88 Å². The van der Waals surface area contributed by atoms with E-state index in [4.69, 9.17) is 9.72 Å². The van der Waals surface area contributed by atoms with Gasteiger partial charge in [-0.15, -0.1) is 0 Å². The third-order valence-electron chi connectivity index (χ3n) is 6.65. The zero-order valence-electron chi connectivity index (χ0n) is 20.6. The van der Waals surface area contributed by atoms with Crippen molar-refractivity contribution in [2.75, 3.05) is 27.7 Å². The number of rotatable bonds is 10. The second-order valence-corrected chi connectivity index (χ2v) is 10.2. The number of aliphatic hydroxyl groups is 1. The lowest BCUT2D eigenvalue weighted by atomic mass is 9.72. The van der Waals surface area contributed by atoms with Gasteiger partial charge >= 0.3 is 0 Å². The van der Waals surface area contributed by atoms with E-state index in [0.717, 1.165) is 39.5 Å². The van der Waals surface area contributed by atoms with E-state index in [2.05, 4.69) is 63.3 Å². The fourth-order valence-corrected chi connectivity index (χ4v) is 5.26. The number of ether oxygens (including phenoxy) is 1. The highest BCUT2D eigenvalue weighted by Crippen LogP contribution is 2.44. The molecule has 4 rings (SSSR count). The minimum absolute atomic E-state index is 0.314. The maximum absolute atomic E-state index is 12.5. The van der Waals surface area contributed by atoms with Crippen LogP contribution in [-0.2, 0) is 6.42 Å². The van der Waals surface area contributed by atoms with Crippen LogP contribution in [0.4, 0.5) is 0 Å². The minimum Gasteiger partial charge on any atom is -0.481 e. The van der Waals surface area contributed by atoms with Crippen LogP contribution in [0.25, 0.3) is 10.9 Å². The molecule has 3 aromatic carbocycles. The van der Waals surface area contributed by atoms with Gasteiger partial charge in [-0.05, 0) is 62.7 Å². The highest BCUT2D eigenvalue weighted by Gasteiger charge is 2.40. The average Bonchev–Trinajstić information content (AvgIpc) is 2.88. The Morgan fingerprint density at radius 3 is 2.29 bits per heavy atom. The highest BCUT2D eigenvalue weighted by atomic mass is 79.9. The fourth-order valence-electron chi connectivity index (χ4n) is 4.79. The Kier molecular flexibility index (Phi) is 8.22. The first-order valence-electron chi connectivity index (χ1n) is 12.0. The maximum Gasteiger partial charge on any atom is 0.217 e. The molecule has 0 radical (unpaired) electrons. The van der Waals surface area contributed by atoms with Crippen LogP contribution in [0.1, 0.15) is 35.4 Å². The lowest BCUT2D eigenvalue weighted by Gasteiger charge is -2.38. The summed E-state index contributed by atoms with van der Waals surface area (Å²) in [6.07, 6.45) is 2.01. The van der Waals surface area contributed by atoms with Crippen LogP contribution in [0.2, 0.25) is 0 Å². The monoisotopic (exact) mass is 532 g/mol. The van der Waals surface area contributed by atoms with E-state index in [9.17, 15) is 5.11 Å². The van der Waals surface area contributed by atoms with Crippen LogP contribution in [0.3, 0.4) is 0 Å². The van der Waals surface area contributed by atoms with Gasteiger partial charge in [-0.2, -0.15) is 0 Å². The van der Waals surface area contributed by atoms with Gasteiger partial charge in [-0.25, -0.2) is 4.98 Å². The number of methoxy groups -OCH3 is 1. The van der Waals surface area contributed by atoms with E-state index in [1.54, 1.807) is 7.11 Å². The van der Waals surface area contributed by atoms with Crippen molar-refractivity contribution in [3.8, 4) is 5.88 Å². The molecule has 0 amide bonds. The first-order chi connectivity index (χ1) is 16.9. The van der Waals surface area contributed by atoms with Gasteiger partial charge in [0.1, 0.15) is 0 Å². The van der Waals surface area contributed by atoms with Crippen molar-refractivity contribution < 1.29 is 9.84 Å². The molecular weight excluding hydrogens is 500 g/mol. The molecule has 5 heteroatoms. The van der Waals surface area contributed by atoms with Crippen LogP contribution in [0.15, 0.2) is 89.4 Å². The molecule has 0 fully saturated rings. The van der Waals surface area contributed by atoms with Gasteiger partial charge in [0.05, 0.1) is 18.2 Å². The Bertz CT molecular complexity index is 1250. The quantitative estimate of drug-likeness (QED) is 0.254. The lowest BCUT2D eigenvalue weighted by molar-refractivity contribution is 0.000776. The summed E-state index contributed by atoms with van der Waals surface area (Å²) in [7, 11) is 5.75. The summed E-state index contributed by atoms with van der Waals surface area (Å²) in [4.78, 5) is 6.98. The van der Waals surface area contributed by atoms with Gasteiger partial charge in [0.15, 0.2) is 0 Å². The molecule has 0 aliphatic carbocycles. The van der Waals surface area contributed by atoms with E-state index >= 15 is 0 Å². The van der Waals surface area contributed by atoms with E-state index in [1.165, 1.54) is 5.56 Å². The third-order valence-corrected chi connectivity index (χ3v) is 7.35. The largest absolute Gasteiger partial charge is 0.481 e. The third kappa shape index (κ3) is 5.92. The topological polar surface area (TPSA) is 45.6 Å². The molecule has 182 valence electrons. The van der Waals surface area contributed by atoms with Crippen molar-refractivity contribution in [2.45, 2.75) is 30.8 Å². The Morgan fingerprint density at radius 1 is 0.943 bits per heavy atom. The van der Waals surface area contributed by atoms with Gasteiger partial charge in [0, 0.05) is 27.9 Å². The number of pyridine rings is 1. The number of hydrogen-bond acceptors (Lipinski definition) is 4. The SMILES string of the molecule is COc1nc2cccc(Br)c2cc1C(c1ccccc1)C(O)(CCc1ccccc1)CCN(C)C. The lowest BCUT2D eigenvalue weighted by Crippen LogP contribution is -2.40. The van der Waals surface area contributed by atoms with Gasteiger partial charge in [-0.3, -0.25) is 0 Å². The number of aromatic nitrogens is 1. The predicted octanol–water partition coefficient (Wildman–Crippen LogP) is 6.45. The summed E-state index contributed by atoms with van der Waals surface area (Å²) in [6.45, 7) is 0.766. The molecule has 0 bridgehead atoms. The predicted molar refractivity (Wildman–Crippen MR) is 147 cm³/mol. The molecule has 4 nitrogen and oxygen atoms in total. The Hall–Kier alpha value is -2.73. The number of aryl methyl sites for hydroxylation is 1. The Balaban J connectivity index is 1.88. The van der Waals surface area contributed by atoms with E-state index in [-0.39, 0.29) is 5.92 Å². The minimum atomic E-state index is -1.02. The van der Waals surface area contributed by atoms with Crippen LogP contribution in [0.5, 0.6) is 5.88 Å². The molecule has 0 spiro atoms. The average molecular weight is 534 g/mol. The zero-order chi connectivity index (χ0) is 24.8. The van der Waals surface area contributed by atoms with Crippen molar-refractivity contribution in [1.29, 1.82) is 0 Å². The highest BCUT2D eigenvalue weighted by molar-refractivity contribution is 9.10. The molecule has 0 saturated carbocycles. The van der Waals surface area contributed by atoms with E-state index in [1.807, 2.05) is 56.6 Å². The smallest absolute Gasteiger partial charge is 0.217 e. The van der Waals surface area contributed by atoms with Gasteiger partial charge in [0.25, 0.3) is 0 Å². The normalized spacial score (nSPS) is 14.1. The fraction of sp³-hybridized carbons (Fsp3) is 0.300. The maximum atomic E-state index is 12.5. The van der Waals surface area contributed by atoms with Crippen LogP contribution in [-0.4, -0.2) is 48.3 Å². The van der Waals surface area contributed by atoms with E-state index < -0.39 is 5.60 Å². The molecule has 35 heavy (non-hydrogen) atoms. The number of hydrogen-bond donors (Lipinski definition) is 1. The van der Waals surface area contributed by atoms with Crippen molar-refractivity contribution in [3.05, 3.63) is 106 Å². The number of halogens is 1. The molecule has 2 unspecified atom stereocenters. The zero-order valence-corrected chi connectivity index (χ0v) is 22.2. The number of benzene rings is 3. The standard InChI is InChI=1S/C30H33BrN2O2/c1-33(2)20-19-30(34,18-17-22-11-6-4-7-12-22)28(23-13-8-5-9-14-23)25-21-24-26(31)15-10-16-27(24)32-29(25)35-3/h4-16,21,28,34H,17-20H2,1-3H3. The summed E-state index contributed by atoms with van der Waals surface area (Å²) < 4.78 is 6.80.